The Bertz CT molecular complexity index is 342. The van der Waals surface area contributed by atoms with Crippen LogP contribution >= 0.6 is 0 Å². The molecular formula is C13H18O2. The number of benzene rings is 1. The molecule has 1 rings (SSSR count). The molecule has 0 heterocycles. The van der Waals surface area contributed by atoms with E-state index in [1.807, 2.05) is 25.1 Å². The highest BCUT2D eigenvalue weighted by molar-refractivity contribution is 5.96. The monoisotopic (exact) mass is 206 g/mol. The van der Waals surface area contributed by atoms with Gasteiger partial charge in [-0.25, -0.2) is 0 Å². The topological polar surface area (TPSA) is 26.3 Å². The molecule has 0 unspecified atom stereocenters. The third-order valence-electron chi connectivity index (χ3n) is 2.46. The molecule has 0 aliphatic rings. The first-order valence-electron chi connectivity index (χ1n) is 5.43. The Balaban J connectivity index is 2.97. The van der Waals surface area contributed by atoms with Crippen molar-refractivity contribution in [3.05, 3.63) is 29.3 Å². The molecule has 0 spiro atoms. The predicted octanol–water partition coefficient (Wildman–Crippen LogP) is 3.24. The van der Waals surface area contributed by atoms with Gasteiger partial charge in [-0.3, -0.25) is 4.79 Å². The summed E-state index contributed by atoms with van der Waals surface area (Å²) < 4.78 is 5.22. The van der Waals surface area contributed by atoms with E-state index < -0.39 is 0 Å². The first-order valence-corrected chi connectivity index (χ1v) is 5.43. The molecule has 2 heteroatoms. The second-order valence-electron chi connectivity index (χ2n) is 3.55. The van der Waals surface area contributed by atoms with Crippen molar-refractivity contribution in [2.75, 3.05) is 7.11 Å². The third-order valence-corrected chi connectivity index (χ3v) is 2.46. The summed E-state index contributed by atoms with van der Waals surface area (Å²) in [5.41, 5.74) is 1.90. The highest BCUT2D eigenvalue weighted by Crippen LogP contribution is 2.21. The summed E-state index contributed by atoms with van der Waals surface area (Å²) in [4.78, 5) is 11.7. The Morgan fingerprint density at radius 2 is 2.07 bits per heavy atom. The van der Waals surface area contributed by atoms with Crippen LogP contribution in [-0.4, -0.2) is 12.9 Å². The third kappa shape index (κ3) is 2.82. The highest BCUT2D eigenvalue weighted by atomic mass is 16.5. The fraction of sp³-hybridized carbons (Fsp3) is 0.462. The zero-order valence-electron chi connectivity index (χ0n) is 9.67. The van der Waals surface area contributed by atoms with Crippen molar-refractivity contribution < 1.29 is 9.53 Å². The molecule has 0 fully saturated rings. The molecule has 0 radical (unpaired) electrons. The molecule has 82 valence electrons. The van der Waals surface area contributed by atoms with E-state index in [0.717, 1.165) is 29.7 Å². The fourth-order valence-corrected chi connectivity index (χ4v) is 1.60. The van der Waals surface area contributed by atoms with Gasteiger partial charge in [-0.2, -0.15) is 0 Å². The molecule has 0 aliphatic heterocycles. The Labute approximate surface area is 91.3 Å². The van der Waals surface area contributed by atoms with E-state index in [1.54, 1.807) is 7.11 Å². The Morgan fingerprint density at radius 1 is 1.33 bits per heavy atom. The van der Waals surface area contributed by atoms with E-state index in [0.29, 0.717) is 6.42 Å². The van der Waals surface area contributed by atoms with E-state index in [1.165, 1.54) is 0 Å². The van der Waals surface area contributed by atoms with Gasteiger partial charge in [0.25, 0.3) is 0 Å². The average Bonchev–Trinajstić information content (AvgIpc) is 2.28. The number of hydrogen-bond acceptors (Lipinski definition) is 2. The van der Waals surface area contributed by atoms with Crippen molar-refractivity contribution in [1.82, 2.24) is 0 Å². The Kier molecular flexibility index (Phi) is 4.35. The van der Waals surface area contributed by atoms with E-state index in [9.17, 15) is 4.79 Å². The van der Waals surface area contributed by atoms with Crippen LogP contribution in [0.25, 0.3) is 0 Å². The van der Waals surface area contributed by atoms with Crippen molar-refractivity contribution in [2.24, 2.45) is 0 Å². The van der Waals surface area contributed by atoms with Gasteiger partial charge >= 0.3 is 0 Å². The summed E-state index contributed by atoms with van der Waals surface area (Å²) >= 11 is 0. The number of methoxy groups -OCH3 is 1. The van der Waals surface area contributed by atoms with Crippen molar-refractivity contribution in [3.63, 3.8) is 0 Å². The summed E-state index contributed by atoms with van der Waals surface area (Å²) in [7, 11) is 1.65. The van der Waals surface area contributed by atoms with Crippen LogP contribution in [0.4, 0.5) is 0 Å². The number of aryl methyl sites for hydroxylation is 1. The second kappa shape index (κ2) is 5.54. The number of ether oxygens (including phenoxy) is 1. The van der Waals surface area contributed by atoms with Crippen LogP contribution in [0, 0.1) is 0 Å². The molecule has 2 nitrogen and oxygen atoms in total. The molecule has 0 bridgehead atoms. The second-order valence-corrected chi connectivity index (χ2v) is 3.55. The van der Waals surface area contributed by atoms with Gasteiger partial charge in [-0.05, 0) is 36.6 Å². The highest BCUT2D eigenvalue weighted by Gasteiger charge is 2.08. The first kappa shape index (κ1) is 11.8. The van der Waals surface area contributed by atoms with Crippen molar-refractivity contribution >= 4 is 5.78 Å². The number of rotatable bonds is 5. The summed E-state index contributed by atoms with van der Waals surface area (Å²) in [6.45, 7) is 4.08. The molecule has 0 aromatic heterocycles. The van der Waals surface area contributed by atoms with Crippen LogP contribution in [0.2, 0.25) is 0 Å². The Hall–Kier alpha value is -1.31. The molecule has 1 aromatic rings. The smallest absolute Gasteiger partial charge is 0.162 e. The quantitative estimate of drug-likeness (QED) is 0.691. The molecule has 0 amide bonds. The summed E-state index contributed by atoms with van der Waals surface area (Å²) in [6, 6.07) is 5.66. The molecule has 0 atom stereocenters. The summed E-state index contributed by atoms with van der Waals surface area (Å²) in [6.07, 6.45) is 2.40. The lowest BCUT2D eigenvalue weighted by Crippen LogP contribution is -2.00. The largest absolute Gasteiger partial charge is 0.496 e. The number of Topliss-reactive ketones (excluding diaryl/α,β-unsaturated/α-hetero) is 1. The maximum absolute atomic E-state index is 11.7. The lowest BCUT2D eigenvalue weighted by atomic mass is 10.0. The fourth-order valence-electron chi connectivity index (χ4n) is 1.60. The molecule has 0 aliphatic carbocycles. The van der Waals surface area contributed by atoms with Gasteiger partial charge in [0, 0.05) is 12.0 Å². The van der Waals surface area contributed by atoms with Gasteiger partial charge < -0.3 is 4.74 Å². The minimum Gasteiger partial charge on any atom is -0.496 e. The van der Waals surface area contributed by atoms with Gasteiger partial charge in [0.05, 0.1) is 7.11 Å². The van der Waals surface area contributed by atoms with Gasteiger partial charge in [-0.15, -0.1) is 0 Å². The van der Waals surface area contributed by atoms with E-state index >= 15 is 0 Å². The van der Waals surface area contributed by atoms with Gasteiger partial charge in [-0.1, -0.05) is 13.8 Å². The molecule has 0 saturated carbocycles. The predicted molar refractivity (Wildman–Crippen MR) is 61.6 cm³/mol. The van der Waals surface area contributed by atoms with Crippen LogP contribution in [0.1, 0.15) is 42.6 Å². The number of carbonyl (C=O) groups excluding carboxylic acids is 1. The molecule has 0 N–H and O–H groups in total. The average molecular weight is 206 g/mol. The first-order chi connectivity index (χ1) is 7.22. The normalized spacial score (nSPS) is 10.1. The summed E-state index contributed by atoms with van der Waals surface area (Å²) in [5, 5.41) is 0. The molecule has 1 aromatic carbocycles. The maximum atomic E-state index is 11.7. The minimum absolute atomic E-state index is 0.217. The van der Waals surface area contributed by atoms with Crippen LogP contribution in [0.5, 0.6) is 5.75 Å². The molecule has 15 heavy (non-hydrogen) atoms. The molecule has 0 saturated heterocycles. The van der Waals surface area contributed by atoms with Gasteiger partial charge in [0.15, 0.2) is 5.78 Å². The van der Waals surface area contributed by atoms with E-state index in [4.69, 9.17) is 4.74 Å². The maximum Gasteiger partial charge on any atom is 0.162 e. The zero-order chi connectivity index (χ0) is 11.3. The van der Waals surface area contributed by atoms with Crippen molar-refractivity contribution in [3.8, 4) is 5.75 Å². The van der Waals surface area contributed by atoms with Crippen LogP contribution < -0.4 is 4.74 Å². The van der Waals surface area contributed by atoms with Gasteiger partial charge in [0.1, 0.15) is 5.75 Å². The standard InChI is InChI=1S/C13H18O2/c1-4-6-12(14)11-7-8-13(15-3)10(5-2)9-11/h7-9H,4-6H2,1-3H3. The lowest BCUT2D eigenvalue weighted by molar-refractivity contribution is 0.0981. The van der Waals surface area contributed by atoms with Gasteiger partial charge in [0.2, 0.25) is 0 Å². The number of carbonyl (C=O) groups is 1. The van der Waals surface area contributed by atoms with Crippen LogP contribution in [-0.2, 0) is 6.42 Å². The number of hydrogen-bond donors (Lipinski definition) is 0. The molecular weight excluding hydrogens is 188 g/mol. The Morgan fingerprint density at radius 3 is 2.60 bits per heavy atom. The van der Waals surface area contributed by atoms with Crippen LogP contribution in [0.15, 0.2) is 18.2 Å². The number of ketones is 1. The SMILES string of the molecule is CCCC(=O)c1ccc(OC)c(CC)c1. The minimum atomic E-state index is 0.217. The van der Waals surface area contributed by atoms with Crippen LogP contribution in [0.3, 0.4) is 0 Å². The van der Waals surface area contributed by atoms with Crippen molar-refractivity contribution in [2.45, 2.75) is 33.1 Å². The summed E-state index contributed by atoms with van der Waals surface area (Å²) in [5.74, 6) is 1.08. The lowest BCUT2D eigenvalue weighted by Gasteiger charge is -2.08. The van der Waals surface area contributed by atoms with E-state index in [2.05, 4.69) is 6.92 Å². The van der Waals surface area contributed by atoms with E-state index in [-0.39, 0.29) is 5.78 Å². The van der Waals surface area contributed by atoms with Crippen molar-refractivity contribution in [1.29, 1.82) is 0 Å². The zero-order valence-corrected chi connectivity index (χ0v) is 9.67.